The second-order valence-corrected chi connectivity index (χ2v) is 7.32. The first-order chi connectivity index (χ1) is 13.6. The van der Waals surface area contributed by atoms with Crippen molar-refractivity contribution in [3.05, 3.63) is 88.4 Å². The summed E-state index contributed by atoms with van der Waals surface area (Å²) < 4.78 is 6.39. The molecule has 0 saturated heterocycles. The van der Waals surface area contributed by atoms with E-state index in [1.807, 2.05) is 36.4 Å². The van der Waals surface area contributed by atoms with Crippen LogP contribution >= 0.6 is 15.9 Å². The van der Waals surface area contributed by atoms with Crippen molar-refractivity contribution >= 4 is 39.1 Å². The Morgan fingerprint density at radius 2 is 1.86 bits per heavy atom. The predicted octanol–water partition coefficient (Wildman–Crippen LogP) is 4.63. The Morgan fingerprint density at radius 3 is 2.64 bits per heavy atom. The van der Waals surface area contributed by atoms with Crippen LogP contribution < -0.4 is 15.0 Å². The summed E-state index contributed by atoms with van der Waals surface area (Å²) in [4.78, 5) is 26.7. The van der Waals surface area contributed by atoms with E-state index in [-0.39, 0.29) is 18.4 Å². The first-order valence-electron chi connectivity index (χ1n) is 8.78. The number of nitrogens with zero attached hydrogens (tertiary/aromatic N) is 1. The summed E-state index contributed by atoms with van der Waals surface area (Å²) in [6.07, 6.45) is 0. The molecular formula is C22H17BrN2O3. The molecule has 0 saturated carbocycles. The third-order valence-electron chi connectivity index (χ3n) is 4.43. The van der Waals surface area contributed by atoms with Gasteiger partial charge in [0, 0.05) is 15.7 Å². The van der Waals surface area contributed by atoms with Gasteiger partial charge in [-0.2, -0.15) is 0 Å². The van der Waals surface area contributed by atoms with E-state index in [1.54, 1.807) is 41.3 Å². The van der Waals surface area contributed by atoms with Crippen molar-refractivity contribution in [2.45, 2.75) is 6.54 Å². The highest BCUT2D eigenvalue weighted by molar-refractivity contribution is 9.10. The molecule has 140 valence electrons. The van der Waals surface area contributed by atoms with Crippen LogP contribution in [0.1, 0.15) is 15.9 Å². The molecule has 0 spiro atoms. The minimum Gasteiger partial charge on any atom is -0.482 e. The molecule has 2 amide bonds. The highest BCUT2D eigenvalue weighted by atomic mass is 79.9. The van der Waals surface area contributed by atoms with Gasteiger partial charge in [-0.25, -0.2) is 0 Å². The monoisotopic (exact) mass is 436 g/mol. The molecule has 6 heteroatoms. The molecule has 3 aromatic carbocycles. The van der Waals surface area contributed by atoms with Crippen LogP contribution in [0.25, 0.3) is 0 Å². The van der Waals surface area contributed by atoms with Crippen molar-refractivity contribution < 1.29 is 14.3 Å². The number of rotatable bonds is 4. The van der Waals surface area contributed by atoms with Gasteiger partial charge in [-0.3, -0.25) is 9.59 Å². The van der Waals surface area contributed by atoms with E-state index in [2.05, 4.69) is 21.2 Å². The van der Waals surface area contributed by atoms with E-state index in [0.717, 1.165) is 10.0 Å². The number of fused-ring (bicyclic) bond motifs is 1. The minimum atomic E-state index is -0.223. The van der Waals surface area contributed by atoms with Gasteiger partial charge in [-0.1, -0.05) is 52.3 Å². The van der Waals surface area contributed by atoms with Crippen LogP contribution in [-0.4, -0.2) is 18.4 Å². The number of hydrogen-bond donors (Lipinski definition) is 1. The molecule has 0 bridgehead atoms. The predicted molar refractivity (Wildman–Crippen MR) is 112 cm³/mol. The van der Waals surface area contributed by atoms with E-state index >= 15 is 0 Å². The third-order valence-corrected chi connectivity index (χ3v) is 4.92. The molecule has 0 atom stereocenters. The summed E-state index contributed by atoms with van der Waals surface area (Å²) in [5.41, 5.74) is 2.81. The summed E-state index contributed by atoms with van der Waals surface area (Å²) in [6, 6.07) is 22.2. The van der Waals surface area contributed by atoms with E-state index in [4.69, 9.17) is 4.74 Å². The molecule has 0 aliphatic carbocycles. The Hall–Kier alpha value is -3.12. The lowest BCUT2D eigenvalue weighted by molar-refractivity contribution is -0.121. The Labute approximate surface area is 171 Å². The second-order valence-electron chi connectivity index (χ2n) is 6.40. The Balaban J connectivity index is 1.60. The number of nitrogens with one attached hydrogen (secondary N) is 1. The van der Waals surface area contributed by atoms with Crippen molar-refractivity contribution in [1.82, 2.24) is 0 Å². The average Bonchev–Trinajstić information content (AvgIpc) is 2.71. The first kappa shape index (κ1) is 18.3. The fourth-order valence-electron chi connectivity index (χ4n) is 3.05. The van der Waals surface area contributed by atoms with Crippen LogP contribution in [0.3, 0.4) is 0 Å². The van der Waals surface area contributed by atoms with Crippen molar-refractivity contribution in [2.75, 3.05) is 16.8 Å². The number of anilines is 2. The molecule has 1 aliphatic rings. The van der Waals surface area contributed by atoms with E-state index in [9.17, 15) is 9.59 Å². The quantitative estimate of drug-likeness (QED) is 0.648. The first-order valence-corrected chi connectivity index (χ1v) is 9.57. The maximum Gasteiger partial charge on any atom is 0.265 e. The number of ether oxygens (including phenoxy) is 1. The van der Waals surface area contributed by atoms with Gasteiger partial charge < -0.3 is 15.0 Å². The number of amides is 2. The average molecular weight is 437 g/mol. The van der Waals surface area contributed by atoms with Crippen molar-refractivity contribution in [3.8, 4) is 5.75 Å². The third kappa shape index (κ3) is 3.92. The summed E-state index contributed by atoms with van der Waals surface area (Å²) in [5, 5.41) is 2.88. The summed E-state index contributed by atoms with van der Waals surface area (Å²) in [5.74, 6) is 0.279. The zero-order chi connectivity index (χ0) is 19.5. The number of hydrogen-bond acceptors (Lipinski definition) is 3. The SMILES string of the molecule is O=C(Nc1ccc2c(c1)N(Cc1ccccc1)C(=O)CO2)c1cccc(Br)c1. The molecule has 0 unspecified atom stereocenters. The van der Waals surface area contributed by atoms with Gasteiger partial charge in [0.15, 0.2) is 6.61 Å². The maximum absolute atomic E-state index is 12.5. The van der Waals surface area contributed by atoms with Gasteiger partial charge in [0.2, 0.25) is 0 Å². The number of carbonyl (C=O) groups excluding carboxylic acids is 2. The Kier molecular flexibility index (Phi) is 5.12. The lowest BCUT2D eigenvalue weighted by atomic mass is 10.1. The van der Waals surface area contributed by atoms with Gasteiger partial charge in [0.25, 0.3) is 11.8 Å². The Bertz CT molecular complexity index is 1040. The van der Waals surface area contributed by atoms with Crippen LogP contribution in [0, 0.1) is 0 Å². The molecule has 0 aromatic heterocycles. The maximum atomic E-state index is 12.5. The lowest BCUT2D eigenvalue weighted by Gasteiger charge is -2.30. The van der Waals surface area contributed by atoms with Gasteiger partial charge in [0.05, 0.1) is 12.2 Å². The fraction of sp³-hybridized carbons (Fsp3) is 0.0909. The lowest BCUT2D eigenvalue weighted by Crippen LogP contribution is -2.38. The van der Waals surface area contributed by atoms with Crippen molar-refractivity contribution in [1.29, 1.82) is 0 Å². The van der Waals surface area contributed by atoms with E-state index in [1.165, 1.54) is 0 Å². The fourth-order valence-corrected chi connectivity index (χ4v) is 3.45. The zero-order valence-electron chi connectivity index (χ0n) is 14.9. The van der Waals surface area contributed by atoms with Gasteiger partial charge in [-0.15, -0.1) is 0 Å². The molecule has 5 nitrogen and oxygen atoms in total. The van der Waals surface area contributed by atoms with Crippen molar-refractivity contribution in [2.24, 2.45) is 0 Å². The highest BCUT2D eigenvalue weighted by Crippen LogP contribution is 2.35. The van der Waals surface area contributed by atoms with Crippen molar-refractivity contribution in [3.63, 3.8) is 0 Å². The topological polar surface area (TPSA) is 58.6 Å². The normalized spacial score (nSPS) is 12.9. The molecule has 0 fully saturated rings. The molecule has 1 aliphatic heterocycles. The zero-order valence-corrected chi connectivity index (χ0v) is 16.5. The molecule has 3 aromatic rings. The van der Waals surface area contributed by atoms with Crippen LogP contribution in [-0.2, 0) is 11.3 Å². The van der Waals surface area contributed by atoms with Gasteiger partial charge in [0.1, 0.15) is 5.75 Å². The number of carbonyl (C=O) groups is 2. The molecule has 4 rings (SSSR count). The van der Waals surface area contributed by atoms with E-state index < -0.39 is 0 Å². The molecular weight excluding hydrogens is 420 g/mol. The molecule has 0 radical (unpaired) electrons. The summed E-state index contributed by atoms with van der Waals surface area (Å²) >= 11 is 3.37. The van der Waals surface area contributed by atoms with Crippen LogP contribution in [0.4, 0.5) is 11.4 Å². The number of halogens is 1. The number of benzene rings is 3. The van der Waals surface area contributed by atoms with Crippen LogP contribution in [0.2, 0.25) is 0 Å². The summed E-state index contributed by atoms with van der Waals surface area (Å²) in [7, 11) is 0. The summed E-state index contributed by atoms with van der Waals surface area (Å²) in [6.45, 7) is 0.447. The smallest absolute Gasteiger partial charge is 0.265 e. The van der Waals surface area contributed by atoms with Crippen LogP contribution in [0.15, 0.2) is 77.3 Å². The molecule has 28 heavy (non-hydrogen) atoms. The standard InChI is InChI=1S/C22H17BrN2O3/c23-17-8-4-7-16(11-17)22(27)24-18-9-10-20-19(12-18)25(21(26)14-28-20)13-15-5-2-1-3-6-15/h1-12H,13-14H2,(H,24,27). The van der Waals surface area contributed by atoms with Crippen LogP contribution in [0.5, 0.6) is 5.75 Å². The largest absolute Gasteiger partial charge is 0.482 e. The molecule has 1 heterocycles. The highest BCUT2D eigenvalue weighted by Gasteiger charge is 2.26. The van der Waals surface area contributed by atoms with E-state index in [0.29, 0.717) is 29.2 Å². The molecule has 1 N–H and O–H groups in total. The van der Waals surface area contributed by atoms with Gasteiger partial charge in [-0.05, 0) is 42.0 Å². The minimum absolute atomic E-state index is 0.00355. The van der Waals surface area contributed by atoms with Gasteiger partial charge >= 0.3 is 0 Å². The Morgan fingerprint density at radius 1 is 1.04 bits per heavy atom. The second kappa shape index (κ2) is 7.86.